The highest BCUT2D eigenvalue weighted by Crippen LogP contribution is 2.36. The Hall–Kier alpha value is -1.32. The Labute approximate surface area is 147 Å². The van der Waals surface area contributed by atoms with Crippen LogP contribution in [0.2, 0.25) is 5.02 Å². The predicted octanol–water partition coefficient (Wildman–Crippen LogP) is 5.49. The lowest BCUT2D eigenvalue weighted by Crippen LogP contribution is -2.37. The van der Waals surface area contributed by atoms with Gasteiger partial charge in [0.15, 0.2) is 0 Å². The van der Waals surface area contributed by atoms with Gasteiger partial charge in [0, 0.05) is 23.5 Å². The van der Waals surface area contributed by atoms with Gasteiger partial charge in [0.05, 0.1) is 5.02 Å². The average Bonchev–Trinajstić information content (AvgIpc) is 2.90. The van der Waals surface area contributed by atoms with E-state index in [1.807, 2.05) is 24.0 Å². The van der Waals surface area contributed by atoms with Gasteiger partial charge in [-0.3, -0.25) is 4.79 Å². The molecule has 0 spiro atoms. The fourth-order valence-electron chi connectivity index (χ4n) is 3.28. The van der Waals surface area contributed by atoms with Gasteiger partial charge >= 0.3 is 0 Å². The molecule has 0 bridgehead atoms. The monoisotopic (exact) mass is 347 g/mol. The Morgan fingerprint density at radius 3 is 3.00 bits per heavy atom. The largest absolute Gasteiger partial charge is 0.334 e. The molecule has 0 N–H and O–H groups in total. The van der Waals surface area contributed by atoms with E-state index in [-0.39, 0.29) is 5.91 Å². The summed E-state index contributed by atoms with van der Waals surface area (Å²) in [7, 11) is 0. The smallest absolute Gasteiger partial charge is 0.265 e. The van der Waals surface area contributed by atoms with Crippen molar-refractivity contribution in [3.05, 3.63) is 49.7 Å². The summed E-state index contributed by atoms with van der Waals surface area (Å²) in [6.07, 6.45) is 12.5. The summed E-state index contributed by atoms with van der Waals surface area (Å²) in [5, 5.41) is 0.623. The number of hydrogen-bond acceptors (Lipinski definition) is 2. The molecular weight excluding hydrogens is 326 g/mol. The summed E-state index contributed by atoms with van der Waals surface area (Å²) in [4.78, 5) is 16.8. The minimum atomic E-state index is 0.0894. The maximum atomic E-state index is 13.0. The third-order valence-electron chi connectivity index (χ3n) is 4.52. The fraction of sp³-hybridized carbons (Fsp3) is 0.421. The first-order valence-corrected chi connectivity index (χ1v) is 9.45. The molecule has 1 aromatic heterocycles. The summed E-state index contributed by atoms with van der Waals surface area (Å²) in [5.41, 5.74) is 3.87. The van der Waals surface area contributed by atoms with Crippen LogP contribution in [0, 0.1) is 0 Å². The van der Waals surface area contributed by atoms with Crippen LogP contribution in [0.4, 0.5) is 0 Å². The van der Waals surface area contributed by atoms with Gasteiger partial charge < -0.3 is 4.90 Å². The number of allylic oxidation sites excluding steroid dienone is 3. The molecule has 4 heteroatoms. The van der Waals surface area contributed by atoms with Crippen molar-refractivity contribution < 1.29 is 4.79 Å². The lowest BCUT2D eigenvalue weighted by Gasteiger charge is -2.31. The number of halogens is 1. The van der Waals surface area contributed by atoms with E-state index < -0.39 is 0 Å². The van der Waals surface area contributed by atoms with Crippen LogP contribution in [0.1, 0.15) is 53.2 Å². The average molecular weight is 348 g/mol. The lowest BCUT2D eigenvalue weighted by atomic mass is 9.92. The van der Waals surface area contributed by atoms with Crippen molar-refractivity contribution >= 4 is 34.9 Å². The highest BCUT2D eigenvalue weighted by atomic mass is 35.5. The summed E-state index contributed by atoms with van der Waals surface area (Å²) in [6, 6.07) is 0. The molecule has 0 aromatic carbocycles. The van der Waals surface area contributed by atoms with Gasteiger partial charge in [-0.25, -0.2) is 0 Å². The third kappa shape index (κ3) is 3.17. The Morgan fingerprint density at radius 1 is 1.43 bits per heavy atom. The first-order chi connectivity index (χ1) is 11.2. The molecule has 122 valence electrons. The Balaban J connectivity index is 1.87. The number of carbonyl (C=O) groups excluding carboxylic acids is 1. The molecule has 1 aromatic rings. The van der Waals surface area contributed by atoms with E-state index in [0.717, 1.165) is 44.3 Å². The van der Waals surface area contributed by atoms with Crippen LogP contribution >= 0.6 is 22.9 Å². The van der Waals surface area contributed by atoms with Gasteiger partial charge in [-0.15, -0.1) is 11.3 Å². The van der Waals surface area contributed by atoms with Crippen LogP contribution in [0.15, 0.2) is 29.4 Å². The lowest BCUT2D eigenvalue weighted by molar-refractivity contribution is 0.0767. The van der Waals surface area contributed by atoms with Gasteiger partial charge in [0.2, 0.25) is 0 Å². The van der Waals surface area contributed by atoms with Crippen LogP contribution in [0.5, 0.6) is 0 Å². The minimum absolute atomic E-state index is 0.0894. The summed E-state index contributed by atoms with van der Waals surface area (Å²) in [6.45, 7) is 5.63. The number of rotatable bonds is 3. The molecule has 0 fully saturated rings. The first-order valence-electron chi connectivity index (χ1n) is 8.26. The zero-order valence-electron chi connectivity index (χ0n) is 13.7. The van der Waals surface area contributed by atoms with Gasteiger partial charge in [0.25, 0.3) is 5.91 Å². The Bertz CT molecular complexity index is 711. The number of aryl methyl sites for hydroxylation is 1. The molecule has 0 saturated carbocycles. The second-order valence-corrected chi connectivity index (χ2v) is 7.47. The van der Waals surface area contributed by atoms with E-state index in [1.165, 1.54) is 16.0 Å². The normalized spacial score (nSPS) is 18.0. The molecule has 0 saturated heterocycles. The topological polar surface area (TPSA) is 20.3 Å². The molecule has 1 aliphatic heterocycles. The number of amides is 1. The highest BCUT2D eigenvalue weighted by molar-refractivity contribution is 7.15. The molecule has 23 heavy (non-hydrogen) atoms. The highest BCUT2D eigenvalue weighted by Gasteiger charge is 2.27. The molecule has 2 heterocycles. The minimum Gasteiger partial charge on any atom is -0.334 e. The summed E-state index contributed by atoms with van der Waals surface area (Å²) >= 11 is 8.08. The van der Waals surface area contributed by atoms with Crippen molar-refractivity contribution in [2.24, 2.45) is 0 Å². The second kappa shape index (κ2) is 7.06. The standard InChI is InChI=1S/C19H22ClNOS/c1-3-7-15-16(4-2)23-18(17(15)20)19(22)21-11-10-13-8-5-6-9-14(13)12-21/h3,5,7-8H,4,6,9-12H2,1-2H3. The van der Waals surface area contributed by atoms with Gasteiger partial charge in [-0.2, -0.15) is 0 Å². The molecule has 3 rings (SSSR count). The van der Waals surface area contributed by atoms with Crippen LogP contribution in [-0.2, 0) is 6.42 Å². The van der Waals surface area contributed by atoms with Gasteiger partial charge in [-0.05, 0) is 43.8 Å². The molecule has 2 aliphatic rings. The zero-order chi connectivity index (χ0) is 16.4. The van der Waals surface area contributed by atoms with Crippen LogP contribution in [0.25, 0.3) is 6.08 Å². The van der Waals surface area contributed by atoms with Crippen molar-refractivity contribution in [2.75, 3.05) is 13.1 Å². The van der Waals surface area contributed by atoms with Crippen molar-refractivity contribution in [1.82, 2.24) is 4.90 Å². The fourth-order valence-corrected chi connectivity index (χ4v) is 4.80. The van der Waals surface area contributed by atoms with E-state index in [4.69, 9.17) is 11.6 Å². The first kappa shape index (κ1) is 16.5. The quantitative estimate of drug-likeness (QED) is 0.708. The van der Waals surface area contributed by atoms with Crippen molar-refractivity contribution in [2.45, 2.75) is 39.5 Å². The number of thiophene rings is 1. The molecule has 0 unspecified atom stereocenters. The third-order valence-corrected chi connectivity index (χ3v) is 6.36. The van der Waals surface area contributed by atoms with E-state index in [2.05, 4.69) is 19.1 Å². The van der Waals surface area contributed by atoms with E-state index in [0.29, 0.717) is 9.90 Å². The van der Waals surface area contributed by atoms with Crippen molar-refractivity contribution in [1.29, 1.82) is 0 Å². The van der Waals surface area contributed by atoms with Gasteiger partial charge in [0.1, 0.15) is 4.88 Å². The van der Waals surface area contributed by atoms with E-state index in [9.17, 15) is 4.79 Å². The van der Waals surface area contributed by atoms with Gasteiger partial charge in [-0.1, -0.05) is 42.8 Å². The van der Waals surface area contributed by atoms with Crippen LogP contribution < -0.4 is 0 Å². The zero-order valence-corrected chi connectivity index (χ0v) is 15.3. The Kier molecular flexibility index (Phi) is 5.08. The van der Waals surface area contributed by atoms with Crippen molar-refractivity contribution in [3.63, 3.8) is 0 Å². The molecule has 0 atom stereocenters. The maximum Gasteiger partial charge on any atom is 0.265 e. The van der Waals surface area contributed by atoms with E-state index in [1.54, 1.807) is 11.3 Å². The SMILES string of the molecule is CC=Cc1c(CC)sc(C(=O)N2CCC3=C(CCC=C3)C2)c1Cl. The number of nitrogens with zero attached hydrogens (tertiary/aromatic N) is 1. The Morgan fingerprint density at radius 2 is 2.26 bits per heavy atom. The molecular formula is C19H22ClNOS. The predicted molar refractivity (Wildman–Crippen MR) is 99.3 cm³/mol. The number of carbonyl (C=O) groups is 1. The maximum absolute atomic E-state index is 13.0. The van der Waals surface area contributed by atoms with Crippen LogP contribution in [0.3, 0.4) is 0 Å². The molecule has 2 nitrogen and oxygen atoms in total. The van der Waals surface area contributed by atoms with E-state index >= 15 is 0 Å². The summed E-state index contributed by atoms with van der Waals surface area (Å²) in [5.74, 6) is 0.0894. The van der Waals surface area contributed by atoms with Crippen molar-refractivity contribution in [3.8, 4) is 0 Å². The van der Waals surface area contributed by atoms with Crippen LogP contribution in [-0.4, -0.2) is 23.9 Å². The molecule has 1 aliphatic carbocycles. The second-order valence-electron chi connectivity index (χ2n) is 5.98. The number of hydrogen-bond donors (Lipinski definition) is 0. The molecule has 1 amide bonds. The summed E-state index contributed by atoms with van der Waals surface area (Å²) < 4.78 is 0. The molecule has 0 radical (unpaired) electrons.